The van der Waals surface area contributed by atoms with Crippen LogP contribution in [0.4, 0.5) is 17.3 Å². The third kappa shape index (κ3) is 2.87. The predicted octanol–water partition coefficient (Wildman–Crippen LogP) is 4.02. The minimum Gasteiger partial charge on any atom is -0.399 e. The molecule has 3 N–H and O–H groups in total. The fraction of sp³-hybridized carbons (Fsp3) is 0. The molecule has 0 saturated carbocycles. The normalized spacial score (nSPS) is 10.7. The van der Waals surface area contributed by atoms with Crippen LogP contribution < -0.4 is 11.1 Å². The summed E-state index contributed by atoms with van der Waals surface area (Å²) in [4.78, 5) is 13.3. The van der Waals surface area contributed by atoms with Gasteiger partial charge < -0.3 is 11.1 Å². The van der Waals surface area contributed by atoms with Gasteiger partial charge in [0.2, 0.25) is 5.95 Å². The molecule has 0 fully saturated rings. The average Bonchev–Trinajstić information content (AvgIpc) is 2.63. The smallest absolute Gasteiger partial charge is 0.227 e. The number of fused-ring (bicyclic) bond motifs is 1. The lowest BCUT2D eigenvalue weighted by atomic mass is 10.1. The lowest BCUT2D eigenvalue weighted by Gasteiger charge is -2.07. The van der Waals surface area contributed by atoms with Gasteiger partial charge in [-0.25, -0.2) is 9.97 Å². The van der Waals surface area contributed by atoms with Crippen LogP contribution in [0.25, 0.3) is 22.2 Å². The second-order valence-corrected chi connectivity index (χ2v) is 5.43. The monoisotopic (exact) mass is 313 g/mol. The fourth-order valence-corrected chi connectivity index (χ4v) is 2.49. The second-order valence-electron chi connectivity index (χ2n) is 5.43. The van der Waals surface area contributed by atoms with Gasteiger partial charge in [-0.2, -0.15) is 0 Å². The van der Waals surface area contributed by atoms with E-state index < -0.39 is 0 Å². The van der Waals surface area contributed by atoms with Crippen LogP contribution in [0, 0.1) is 0 Å². The summed E-state index contributed by atoms with van der Waals surface area (Å²) in [5.74, 6) is 0.533. The third-order valence-corrected chi connectivity index (χ3v) is 3.71. The molecule has 0 unspecified atom stereocenters. The Balaban J connectivity index is 1.67. The molecule has 24 heavy (non-hydrogen) atoms. The number of nitrogens with two attached hydrogens (primary N) is 1. The largest absolute Gasteiger partial charge is 0.399 e. The number of para-hydroxylation sites is 1. The van der Waals surface area contributed by atoms with Crippen molar-refractivity contribution in [1.29, 1.82) is 0 Å². The van der Waals surface area contributed by atoms with Gasteiger partial charge in [0.15, 0.2) is 0 Å². The van der Waals surface area contributed by atoms with Crippen LogP contribution in [-0.2, 0) is 0 Å². The average molecular weight is 313 g/mol. The summed E-state index contributed by atoms with van der Waals surface area (Å²) in [6.07, 6.45) is 3.56. The fourth-order valence-electron chi connectivity index (χ4n) is 2.49. The summed E-state index contributed by atoms with van der Waals surface area (Å²) in [6.45, 7) is 0. The molecule has 5 nitrogen and oxygen atoms in total. The summed E-state index contributed by atoms with van der Waals surface area (Å²) in [5, 5.41) is 4.27. The van der Waals surface area contributed by atoms with E-state index in [0.29, 0.717) is 5.95 Å². The molecule has 5 heteroatoms. The molecule has 0 amide bonds. The summed E-state index contributed by atoms with van der Waals surface area (Å²) < 4.78 is 0. The molecule has 0 radical (unpaired) electrons. The summed E-state index contributed by atoms with van der Waals surface area (Å²) >= 11 is 0. The van der Waals surface area contributed by atoms with E-state index in [2.05, 4.69) is 26.3 Å². The number of hydrogen-bond acceptors (Lipinski definition) is 5. The lowest BCUT2D eigenvalue weighted by Crippen LogP contribution is -1.98. The van der Waals surface area contributed by atoms with Crippen molar-refractivity contribution >= 4 is 28.2 Å². The second kappa shape index (κ2) is 5.96. The number of rotatable bonds is 3. The summed E-state index contributed by atoms with van der Waals surface area (Å²) in [6, 6.07) is 19.4. The maximum Gasteiger partial charge on any atom is 0.227 e. The van der Waals surface area contributed by atoms with Crippen molar-refractivity contribution in [2.24, 2.45) is 0 Å². The SMILES string of the molecule is Nc1ccc(Nc2nccc(-c3cnc4ccccc4c3)n2)cc1. The van der Waals surface area contributed by atoms with Gasteiger partial charge in [-0.15, -0.1) is 0 Å². The highest BCUT2D eigenvalue weighted by atomic mass is 15.1. The minimum absolute atomic E-state index is 0.533. The summed E-state index contributed by atoms with van der Waals surface area (Å²) in [5.41, 5.74) is 10.1. The lowest BCUT2D eigenvalue weighted by molar-refractivity contribution is 1.17. The first kappa shape index (κ1) is 14.1. The molecule has 0 atom stereocenters. The standard InChI is InChI=1S/C19H15N5/c20-15-5-7-16(8-6-15)23-19-21-10-9-18(24-19)14-11-13-3-1-2-4-17(13)22-12-14/h1-12H,20H2,(H,21,23,24). The molecule has 2 aromatic heterocycles. The topological polar surface area (TPSA) is 76.7 Å². The van der Waals surface area contributed by atoms with Gasteiger partial charge in [-0.05, 0) is 42.5 Å². The predicted molar refractivity (Wildman–Crippen MR) is 96.9 cm³/mol. The molecule has 116 valence electrons. The molecular formula is C19H15N5. The van der Waals surface area contributed by atoms with Crippen LogP contribution in [0.15, 0.2) is 73.1 Å². The Kier molecular flexibility index (Phi) is 3.51. The van der Waals surface area contributed by atoms with Gasteiger partial charge in [0, 0.05) is 34.7 Å². The molecule has 0 aliphatic carbocycles. The highest BCUT2D eigenvalue weighted by Crippen LogP contribution is 2.22. The molecule has 2 heterocycles. The van der Waals surface area contributed by atoms with E-state index in [1.54, 1.807) is 6.20 Å². The Labute approximate surface area is 139 Å². The van der Waals surface area contributed by atoms with Crippen LogP contribution in [0.1, 0.15) is 0 Å². The molecular weight excluding hydrogens is 298 g/mol. The maximum absolute atomic E-state index is 5.70. The highest BCUT2D eigenvalue weighted by molar-refractivity contribution is 5.82. The molecule has 0 aliphatic rings. The quantitative estimate of drug-likeness (QED) is 0.559. The number of pyridine rings is 1. The first-order chi connectivity index (χ1) is 11.8. The number of anilines is 3. The number of hydrogen-bond donors (Lipinski definition) is 2. The Morgan fingerprint density at radius 1 is 0.875 bits per heavy atom. The van der Waals surface area contributed by atoms with Gasteiger partial charge in [0.25, 0.3) is 0 Å². The molecule has 0 aliphatic heterocycles. The Hall–Kier alpha value is -3.47. The summed E-state index contributed by atoms with van der Waals surface area (Å²) in [7, 11) is 0. The van der Waals surface area contributed by atoms with E-state index in [4.69, 9.17) is 5.73 Å². The number of nitrogens with zero attached hydrogens (tertiary/aromatic N) is 3. The minimum atomic E-state index is 0.533. The van der Waals surface area contributed by atoms with Gasteiger partial charge in [-0.3, -0.25) is 4.98 Å². The maximum atomic E-state index is 5.70. The Morgan fingerprint density at radius 3 is 2.58 bits per heavy atom. The van der Waals surface area contributed by atoms with Crippen LogP contribution in [0.3, 0.4) is 0 Å². The van der Waals surface area contributed by atoms with Gasteiger partial charge in [0.1, 0.15) is 0 Å². The van der Waals surface area contributed by atoms with Crippen molar-refractivity contribution in [1.82, 2.24) is 15.0 Å². The van der Waals surface area contributed by atoms with Crippen molar-refractivity contribution < 1.29 is 0 Å². The van der Waals surface area contributed by atoms with Crippen LogP contribution in [-0.4, -0.2) is 15.0 Å². The van der Waals surface area contributed by atoms with Crippen molar-refractivity contribution in [3.05, 3.63) is 73.1 Å². The van der Waals surface area contributed by atoms with Crippen molar-refractivity contribution in [3.8, 4) is 11.3 Å². The number of benzene rings is 2. The van der Waals surface area contributed by atoms with Crippen molar-refractivity contribution in [3.63, 3.8) is 0 Å². The first-order valence-electron chi connectivity index (χ1n) is 7.59. The zero-order valence-electron chi connectivity index (χ0n) is 12.8. The van der Waals surface area contributed by atoms with Crippen LogP contribution in [0.5, 0.6) is 0 Å². The van der Waals surface area contributed by atoms with Crippen molar-refractivity contribution in [2.45, 2.75) is 0 Å². The number of nitrogen functional groups attached to an aromatic ring is 1. The number of nitrogens with one attached hydrogen (secondary N) is 1. The molecule has 0 spiro atoms. The zero-order valence-corrected chi connectivity index (χ0v) is 12.8. The first-order valence-corrected chi connectivity index (χ1v) is 7.59. The van der Waals surface area contributed by atoms with E-state index in [0.717, 1.165) is 33.5 Å². The highest BCUT2D eigenvalue weighted by Gasteiger charge is 2.05. The Morgan fingerprint density at radius 2 is 1.71 bits per heavy atom. The third-order valence-electron chi connectivity index (χ3n) is 3.71. The van der Waals surface area contributed by atoms with E-state index >= 15 is 0 Å². The molecule has 2 aromatic carbocycles. The molecule has 4 aromatic rings. The van der Waals surface area contributed by atoms with Crippen molar-refractivity contribution in [2.75, 3.05) is 11.1 Å². The van der Waals surface area contributed by atoms with Crippen LogP contribution in [0.2, 0.25) is 0 Å². The van der Waals surface area contributed by atoms with Crippen LogP contribution >= 0.6 is 0 Å². The van der Waals surface area contributed by atoms with E-state index in [1.165, 1.54) is 0 Å². The van der Waals surface area contributed by atoms with Gasteiger partial charge in [-0.1, -0.05) is 18.2 Å². The molecule has 4 rings (SSSR count). The number of aromatic nitrogens is 3. The van der Waals surface area contributed by atoms with E-state index in [-0.39, 0.29) is 0 Å². The molecule has 0 saturated heterocycles. The Bertz CT molecular complexity index is 996. The molecule has 0 bridgehead atoms. The van der Waals surface area contributed by atoms with Gasteiger partial charge in [0.05, 0.1) is 11.2 Å². The van der Waals surface area contributed by atoms with E-state index in [1.807, 2.05) is 60.8 Å². The van der Waals surface area contributed by atoms with E-state index in [9.17, 15) is 0 Å². The van der Waals surface area contributed by atoms with Gasteiger partial charge >= 0.3 is 0 Å². The zero-order chi connectivity index (χ0) is 16.4.